The molecular weight excluding hydrogens is 364 g/mol. The second-order valence-electron chi connectivity index (χ2n) is 12.4. The standard InChI is InChI=1S/C29H48O/c1-7-21(19(2)3)9-8-20(4)25-12-13-26-24-11-10-22-18-23(30)14-16-28(22,5)27(24)15-17-29(25,26)6/h10,20,23-27,30H,7-9,11-18H2,1-6H3. The summed E-state index contributed by atoms with van der Waals surface area (Å²) < 4.78 is 0. The van der Waals surface area contributed by atoms with Crippen molar-refractivity contribution in [2.24, 2.45) is 40.4 Å². The Kier molecular flexibility index (Phi) is 6.35. The molecule has 0 amide bonds. The summed E-state index contributed by atoms with van der Waals surface area (Å²) >= 11 is 0. The highest BCUT2D eigenvalue weighted by molar-refractivity contribution is 5.25. The molecule has 3 fully saturated rings. The van der Waals surface area contributed by atoms with Gasteiger partial charge in [-0.05, 0) is 125 Å². The van der Waals surface area contributed by atoms with Gasteiger partial charge in [-0.1, -0.05) is 50.5 Å². The summed E-state index contributed by atoms with van der Waals surface area (Å²) in [5, 5.41) is 10.2. The van der Waals surface area contributed by atoms with E-state index < -0.39 is 0 Å². The van der Waals surface area contributed by atoms with Gasteiger partial charge in [-0.15, -0.1) is 0 Å². The van der Waals surface area contributed by atoms with Crippen molar-refractivity contribution in [3.63, 3.8) is 0 Å². The summed E-state index contributed by atoms with van der Waals surface area (Å²) in [5.74, 6) is 4.47. The van der Waals surface area contributed by atoms with Gasteiger partial charge in [0.05, 0.1) is 6.10 Å². The molecule has 0 radical (unpaired) electrons. The molecule has 30 heavy (non-hydrogen) atoms. The molecule has 170 valence electrons. The molecule has 1 N–H and O–H groups in total. The maximum absolute atomic E-state index is 10.2. The van der Waals surface area contributed by atoms with Crippen LogP contribution in [0.4, 0.5) is 0 Å². The summed E-state index contributed by atoms with van der Waals surface area (Å²) in [6.07, 6.45) is 16.7. The zero-order valence-electron chi connectivity index (χ0n) is 20.8. The molecule has 0 heterocycles. The van der Waals surface area contributed by atoms with Crippen LogP contribution in [0.25, 0.3) is 0 Å². The van der Waals surface area contributed by atoms with Crippen LogP contribution in [0.5, 0.6) is 0 Å². The number of fused-ring (bicyclic) bond motifs is 5. The number of allylic oxidation sites excluding steroid dienone is 3. The smallest absolute Gasteiger partial charge is 0.0577 e. The van der Waals surface area contributed by atoms with Crippen LogP contribution in [0.15, 0.2) is 22.8 Å². The fraction of sp³-hybridized carbons (Fsp3) is 0.862. The van der Waals surface area contributed by atoms with Crippen LogP contribution in [0.1, 0.15) is 112 Å². The van der Waals surface area contributed by atoms with E-state index in [4.69, 9.17) is 0 Å². The molecule has 0 bridgehead atoms. The van der Waals surface area contributed by atoms with Gasteiger partial charge in [0.15, 0.2) is 0 Å². The summed E-state index contributed by atoms with van der Waals surface area (Å²) in [6, 6.07) is 0. The van der Waals surface area contributed by atoms with Gasteiger partial charge >= 0.3 is 0 Å². The molecule has 1 heteroatoms. The summed E-state index contributed by atoms with van der Waals surface area (Å²) in [7, 11) is 0. The first-order chi connectivity index (χ1) is 14.2. The predicted octanol–water partition coefficient (Wildman–Crippen LogP) is 8.09. The first-order valence-electron chi connectivity index (χ1n) is 13.2. The highest BCUT2D eigenvalue weighted by Crippen LogP contribution is 2.67. The van der Waals surface area contributed by atoms with Crippen molar-refractivity contribution in [2.45, 2.75) is 118 Å². The third-order valence-corrected chi connectivity index (χ3v) is 10.9. The number of hydrogen-bond donors (Lipinski definition) is 1. The third-order valence-electron chi connectivity index (χ3n) is 10.9. The lowest BCUT2D eigenvalue weighted by Crippen LogP contribution is -2.50. The molecule has 8 unspecified atom stereocenters. The number of aliphatic hydroxyl groups is 1. The largest absolute Gasteiger partial charge is 0.393 e. The SMILES string of the molecule is CCC(CCC(C)C1CCC2C3CC=C4CC(O)CCC4(C)C3CCC12C)=C(C)C. The first kappa shape index (κ1) is 22.6. The van der Waals surface area contributed by atoms with E-state index in [1.54, 1.807) is 16.7 Å². The zero-order valence-corrected chi connectivity index (χ0v) is 20.8. The Hall–Kier alpha value is -0.560. The van der Waals surface area contributed by atoms with Crippen molar-refractivity contribution in [3.05, 3.63) is 22.8 Å². The fourth-order valence-corrected chi connectivity index (χ4v) is 9.00. The lowest BCUT2D eigenvalue weighted by Gasteiger charge is -2.58. The fourth-order valence-electron chi connectivity index (χ4n) is 9.00. The molecule has 4 aliphatic carbocycles. The molecule has 3 saturated carbocycles. The normalized spacial score (nSPS) is 43.8. The monoisotopic (exact) mass is 412 g/mol. The summed E-state index contributed by atoms with van der Waals surface area (Å²) in [6.45, 7) is 14.8. The maximum Gasteiger partial charge on any atom is 0.0577 e. The topological polar surface area (TPSA) is 20.2 Å². The Morgan fingerprint density at radius 1 is 1.10 bits per heavy atom. The van der Waals surface area contributed by atoms with Gasteiger partial charge in [0.2, 0.25) is 0 Å². The molecule has 4 aliphatic rings. The minimum atomic E-state index is -0.0831. The van der Waals surface area contributed by atoms with Gasteiger partial charge in [-0.3, -0.25) is 0 Å². The van der Waals surface area contributed by atoms with E-state index in [1.807, 2.05) is 0 Å². The zero-order chi connectivity index (χ0) is 21.7. The molecule has 0 aromatic carbocycles. The van der Waals surface area contributed by atoms with Gasteiger partial charge in [-0.25, -0.2) is 0 Å². The Bertz CT molecular complexity index is 697. The Morgan fingerprint density at radius 2 is 1.87 bits per heavy atom. The molecule has 8 atom stereocenters. The number of rotatable bonds is 5. The molecule has 0 spiro atoms. The Labute approximate surface area is 186 Å². The highest BCUT2D eigenvalue weighted by Gasteiger charge is 2.59. The Morgan fingerprint density at radius 3 is 2.57 bits per heavy atom. The van der Waals surface area contributed by atoms with Crippen molar-refractivity contribution >= 4 is 0 Å². The van der Waals surface area contributed by atoms with E-state index >= 15 is 0 Å². The van der Waals surface area contributed by atoms with Crippen molar-refractivity contribution in [2.75, 3.05) is 0 Å². The van der Waals surface area contributed by atoms with Gasteiger partial charge in [-0.2, -0.15) is 0 Å². The van der Waals surface area contributed by atoms with Crippen LogP contribution in [-0.4, -0.2) is 11.2 Å². The van der Waals surface area contributed by atoms with Crippen molar-refractivity contribution in [1.29, 1.82) is 0 Å². The minimum Gasteiger partial charge on any atom is -0.393 e. The average Bonchev–Trinajstić information content (AvgIpc) is 3.06. The van der Waals surface area contributed by atoms with Crippen LogP contribution in [0.3, 0.4) is 0 Å². The molecule has 0 aliphatic heterocycles. The second-order valence-corrected chi connectivity index (χ2v) is 12.4. The molecule has 1 nitrogen and oxygen atoms in total. The summed E-state index contributed by atoms with van der Waals surface area (Å²) in [5.41, 5.74) is 5.81. The van der Waals surface area contributed by atoms with Crippen molar-refractivity contribution in [3.8, 4) is 0 Å². The lowest BCUT2D eigenvalue weighted by molar-refractivity contribution is -0.0571. The minimum absolute atomic E-state index is 0.0831. The first-order valence-corrected chi connectivity index (χ1v) is 13.2. The molecular formula is C29H48O. The quantitative estimate of drug-likeness (QED) is 0.452. The second kappa shape index (κ2) is 8.42. The van der Waals surface area contributed by atoms with Crippen molar-refractivity contribution < 1.29 is 5.11 Å². The highest BCUT2D eigenvalue weighted by atomic mass is 16.3. The van der Waals surface area contributed by atoms with Crippen LogP contribution >= 0.6 is 0 Å². The van der Waals surface area contributed by atoms with Gasteiger partial charge < -0.3 is 5.11 Å². The number of hydrogen-bond acceptors (Lipinski definition) is 1. The van der Waals surface area contributed by atoms with E-state index in [1.165, 1.54) is 57.8 Å². The molecule has 0 aromatic rings. The van der Waals surface area contributed by atoms with E-state index in [-0.39, 0.29) is 6.10 Å². The van der Waals surface area contributed by atoms with Gasteiger partial charge in [0, 0.05) is 0 Å². The van der Waals surface area contributed by atoms with E-state index in [2.05, 4.69) is 47.6 Å². The van der Waals surface area contributed by atoms with Crippen LogP contribution in [-0.2, 0) is 0 Å². The van der Waals surface area contributed by atoms with E-state index in [0.717, 1.165) is 42.4 Å². The van der Waals surface area contributed by atoms with Crippen LogP contribution in [0.2, 0.25) is 0 Å². The Balaban J connectivity index is 1.49. The van der Waals surface area contributed by atoms with Crippen LogP contribution in [0, 0.1) is 40.4 Å². The average molecular weight is 413 g/mol. The van der Waals surface area contributed by atoms with Crippen LogP contribution < -0.4 is 0 Å². The number of aliphatic hydroxyl groups excluding tert-OH is 1. The van der Waals surface area contributed by atoms with Crippen molar-refractivity contribution in [1.82, 2.24) is 0 Å². The molecule has 0 saturated heterocycles. The van der Waals surface area contributed by atoms with E-state index in [9.17, 15) is 5.11 Å². The van der Waals surface area contributed by atoms with Gasteiger partial charge in [0.25, 0.3) is 0 Å². The lowest BCUT2D eigenvalue weighted by atomic mass is 9.47. The molecule has 0 aromatic heterocycles. The maximum atomic E-state index is 10.2. The predicted molar refractivity (Wildman–Crippen MR) is 128 cm³/mol. The molecule has 4 rings (SSSR count). The summed E-state index contributed by atoms with van der Waals surface area (Å²) in [4.78, 5) is 0. The van der Waals surface area contributed by atoms with Gasteiger partial charge in [0.1, 0.15) is 0 Å². The third kappa shape index (κ3) is 3.66. The van der Waals surface area contributed by atoms with E-state index in [0.29, 0.717) is 10.8 Å².